The first-order valence-electron chi connectivity index (χ1n) is 4.86. The third-order valence-electron chi connectivity index (χ3n) is 1.77. The molecule has 15 heavy (non-hydrogen) atoms. The number of carbonyl (C=O) groups is 2. The van der Waals surface area contributed by atoms with Crippen LogP contribution in [0.2, 0.25) is 0 Å². The van der Waals surface area contributed by atoms with Gasteiger partial charge in [-0.05, 0) is 12.3 Å². The van der Waals surface area contributed by atoms with Crippen molar-refractivity contribution in [2.24, 2.45) is 5.92 Å². The second kappa shape index (κ2) is 6.82. The summed E-state index contributed by atoms with van der Waals surface area (Å²) < 4.78 is 0. The van der Waals surface area contributed by atoms with Crippen molar-refractivity contribution in [2.45, 2.75) is 39.2 Å². The molecule has 0 aromatic heterocycles. The van der Waals surface area contributed by atoms with Crippen LogP contribution in [0.4, 0.5) is 0 Å². The number of amides is 1. The molecule has 0 aliphatic rings. The smallest absolute Gasteiger partial charge is 0.326 e. The molecule has 0 heterocycles. The first-order chi connectivity index (χ1) is 6.97. The van der Waals surface area contributed by atoms with Crippen LogP contribution in [0.15, 0.2) is 0 Å². The highest BCUT2D eigenvalue weighted by Crippen LogP contribution is 2.02. The SMILES string of the molecule is CC(C)CC(=O)N[C@H](CCC#N)C(=O)O. The Morgan fingerprint density at radius 2 is 2.07 bits per heavy atom. The lowest BCUT2D eigenvalue weighted by Crippen LogP contribution is -2.41. The lowest BCUT2D eigenvalue weighted by Gasteiger charge is -2.13. The molecule has 0 rings (SSSR count). The largest absolute Gasteiger partial charge is 0.480 e. The molecule has 0 aliphatic heterocycles. The van der Waals surface area contributed by atoms with E-state index in [-0.39, 0.29) is 24.7 Å². The van der Waals surface area contributed by atoms with Crippen LogP contribution in [0.5, 0.6) is 0 Å². The van der Waals surface area contributed by atoms with E-state index in [0.29, 0.717) is 6.42 Å². The number of carbonyl (C=O) groups excluding carboxylic acids is 1. The van der Waals surface area contributed by atoms with E-state index < -0.39 is 12.0 Å². The molecule has 1 atom stereocenters. The maximum Gasteiger partial charge on any atom is 0.326 e. The minimum absolute atomic E-state index is 0.124. The van der Waals surface area contributed by atoms with E-state index in [1.54, 1.807) is 0 Å². The highest BCUT2D eigenvalue weighted by atomic mass is 16.4. The second-order valence-corrected chi connectivity index (χ2v) is 3.75. The number of rotatable bonds is 6. The quantitative estimate of drug-likeness (QED) is 0.684. The Morgan fingerprint density at radius 1 is 1.47 bits per heavy atom. The summed E-state index contributed by atoms with van der Waals surface area (Å²) in [5.74, 6) is -1.19. The number of aliphatic carboxylic acids is 1. The molecule has 0 aliphatic carbocycles. The summed E-state index contributed by atoms with van der Waals surface area (Å²) in [6, 6.07) is 0.904. The Balaban J connectivity index is 4.11. The molecule has 0 radical (unpaired) electrons. The molecule has 0 bridgehead atoms. The minimum Gasteiger partial charge on any atom is -0.480 e. The van der Waals surface area contributed by atoms with Crippen molar-refractivity contribution < 1.29 is 14.7 Å². The number of nitriles is 1. The first-order valence-corrected chi connectivity index (χ1v) is 4.86. The molecule has 0 unspecified atom stereocenters. The number of hydrogen-bond acceptors (Lipinski definition) is 3. The van der Waals surface area contributed by atoms with E-state index in [0.717, 1.165) is 0 Å². The van der Waals surface area contributed by atoms with Gasteiger partial charge in [-0.25, -0.2) is 4.79 Å². The molecule has 0 aromatic carbocycles. The summed E-state index contributed by atoms with van der Waals surface area (Å²) >= 11 is 0. The van der Waals surface area contributed by atoms with E-state index in [4.69, 9.17) is 10.4 Å². The van der Waals surface area contributed by atoms with Gasteiger partial charge in [-0.2, -0.15) is 5.26 Å². The van der Waals surface area contributed by atoms with Crippen molar-refractivity contribution in [1.29, 1.82) is 5.26 Å². The third kappa shape index (κ3) is 6.49. The van der Waals surface area contributed by atoms with Crippen LogP contribution in [0.3, 0.4) is 0 Å². The lowest BCUT2D eigenvalue weighted by molar-refractivity contribution is -0.142. The highest BCUT2D eigenvalue weighted by Gasteiger charge is 2.19. The van der Waals surface area contributed by atoms with Crippen LogP contribution < -0.4 is 5.32 Å². The average molecular weight is 212 g/mol. The molecular weight excluding hydrogens is 196 g/mol. The van der Waals surface area contributed by atoms with Crippen LogP contribution >= 0.6 is 0 Å². The normalized spacial score (nSPS) is 11.9. The number of carboxylic acid groups (broad SMARTS) is 1. The van der Waals surface area contributed by atoms with E-state index >= 15 is 0 Å². The van der Waals surface area contributed by atoms with Gasteiger partial charge in [-0.15, -0.1) is 0 Å². The molecule has 84 valence electrons. The van der Waals surface area contributed by atoms with E-state index in [1.165, 1.54) is 0 Å². The predicted molar refractivity (Wildman–Crippen MR) is 53.9 cm³/mol. The van der Waals surface area contributed by atoms with Gasteiger partial charge < -0.3 is 10.4 Å². The molecule has 5 heteroatoms. The lowest BCUT2D eigenvalue weighted by atomic mass is 10.1. The maximum absolute atomic E-state index is 11.3. The zero-order valence-corrected chi connectivity index (χ0v) is 8.99. The Morgan fingerprint density at radius 3 is 2.47 bits per heavy atom. The fourth-order valence-electron chi connectivity index (χ4n) is 1.09. The van der Waals surface area contributed by atoms with Crippen LogP contribution in [0, 0.1) is 17.2 Å². The number of nitrogens with one attached hydrogen (secondary N) is 1. The van der Waals surface area contributed by atoms with Gasteiger partial charge in [0.15, 0.2) is 0 Å². The van der Waals surface area contributed by atoms with E-state index in [2.05, 4.69) is 5.32 Å². The van der Waals surface area contributed by atoms with Crippen LogP contribution in [-0.2, 0) is 9.59 Å². The van der Waals surface area contributed by atoms with Crippen molar-refractivity contribution in [3.05, 3.63) is 0 Å². The maximum atomic E-state index is 11.3. The zero-order chi connectivity index (χ0) is 11.8. The topological polar surface area (TPSA) is 90.2 Å². The van der Waals surface area contributed by atoms with Gasteiger partial charge in [0.05, 0.1) is 6.07 Å². The van der Waals surface area contributed by atoms with Crippen LogP contribution in [0.1, 0.15) is 33.1 Å². The molecule has 0 saturated heterocycles. The van der Waals surface area contributed by atoms with Crippen molar-refractivity contribution in [1.82, 2.24) is 5.32 Å². The van der Waals surface area contributed by atoms with Crippen LogP contribution in [-0.4, -0.2) is 23.0 Å². The minimum atomic E-state index is -1.10. The summed E-state index contributed by atoms with van der Waals surface area (Å²) in [5.41, 5.74) is 0. The number of hydrogen-bond donors (Lipinski definition) is 2. The molecule has 0 saturated carbocycles. The summed E-state index contributed by atoms with van der Waals surface area (Å²) in [5, 5.41) is 19.5. The van der Waals surface area contributed by atoms with E-state index in [1.807, 2.05) is 19.9 Å². The highest BCUT2D eigenvalue weighted by molar-refractivity contribution is 5.83. The summed E-state index contributed by atoms with van der Waals surface area (Å²) in [7, 11) is 0. The van der Waals surface area contributed by atoms with Gasteiger partial charge in [0.1, 0.15) is 6.04 Å². The average Bonchev–Trinajstić information content (AvgIpc) is 2.10. The molecular formula is C10H16N2O3. The Labute approximate surface area is 89.1 Å². The van der Waals surface area contributed by atoms with Crippen molar-refractivity contribution in [2.75, 3.05) is 0 Å². The third-order valence-corrected chi connectivity index (χ3v) is 1.77. The zero-order valence-electron chi connectivity index (χ0n) is 8.99. The number of nitrogens with zero attached hydrogens (tertiary/aromatic N) is 1. The Hall–Kier alpha value is -1.57. The van der Waals surface area contributed by atoms with Crippen LogP contribution in [0.25, 0.3) is 0 Å². The predicted octanol–water partition coefficient (Wildman–Crippen LogP) is 0.906. The Bertz CT molecular complexity index is 268. The summed E-state index contributed by atoms with van der Waals surface area (Å²) in [4.78, 5) is 22.0. The first kappa shape index (κ1) is 13.4. The fraction of sp³-hybridized carbons (Fsp3) is 0.700. The van der Waals surface area contributed by atoms with Crippen molar-refractivity contribution >= 4 is 11.9 Å². The molecule has 0 spiro atoms. The monoisotopic (exact) mass is 212 g/mol. The standard InChI is InChI=1S/C10H16N2O3/c1-7(2)6-9(13)12-8(10(14)15)4-3-5-11/h7-8H,3-4,6H2,1-2H3,(H,12,13)(H,14,15)/t8-/m1/s1. The fourth-order valence-corrected chi connectivity index (χ4v) is 1.09. The van der Waals surface area contributed by atoms with Gasteiger partial charge in [0, 0.05) is 12.8 Å². The second-order valence-electron chi connectivity index (χ2n) is 3.75. The van der Waals surface area contributed by atoms with Gasteiger partial charge in [0.25, 0.3) is 0 Å². The summed E-state index contributed by atoms with van der Waals surface area (Å²) in [6.45, 7) is 3.76. The van der Waals surface area contributed by atoms with Crippen molar-refractivity contribution in [3.8, 4) is 6.07 Å². The van der Waals surface area contributed by atoms with Gasteiger partial charge in [0.2, 0.25) is 5.91 Å². The molecule has 1 amide bonds. The molecule has 5 nitrogen and oxygen atoms in total. The van der Waals surface area contributed by atoms with Gasteiger partial charge >= 0.3 is 5.97 Å². The van der Waals surface area contributed by atoms with Crippen molar-refractivity contribution in [3.63, 3.8) is 0 Å². The number of carboxylic acids is 1. The van der Waals surface area contributed by atoms with Gasteiger partial charge in [-0.3, -0.25) is 4.79 Å². The molecule has 0 fully saturated rings. The van der Waals surface area contributed by atoms with Gasteiger partial charge in [-0.1, -0.05) is 13.8 Å². The molecule has 0 aromatic rings. The molecule has 2 N–H and O–H groups in total. The Kier molecular flexibility index (Phi) is 6.11. The summed E-state index contributed by atoms with van der Waals surface area (Å²) in [6.07, 6.45) is 0.574. The van der Waals surface area contributed by atoms with E-state index in [9.17, 15) is 9.59 Å².